The van der Waals surface area contributed by atoms with Gasteiger partial charge in [-0.05, 0) is 49.4 Å². The molecule has 5 aromatic rings. The number of hydrogen-bond acceptors (Lipinski definition) is 7. The van der Waals surface area contributed by atoms with Gasteiger partial charge in [0.1, 0.15) is 17.8 Å². The zero-order valence-electron chi connectivity index (χ0n) is 21.7. The summed E-state index contributed by atoms with van der Waals surface area (Å²) in [6.45, 7) is 4.35. The molecule has 2 N–H and O–H groups in total. The molecule has 0 amide bonds. The predicted molar refractivity (Wildman–Crippen MR) is 153 cm³/mol. The normalized spacial score (nSPS) is 20.6. The zero-order chi connectivity index (χ0) is 26.3. The number of nitrogens with zero attached hydrogens (tertiary/aromatic N) is 7. The van der Waals surface area contributed by atoms with Crippen LogP contribution >= 0.6 is 11.6 Å². The van der Waals surface area contributed by atoms with E-state index in [1.54, 1.807) is 6.33 Å². The Labute approximate surface area is 231 Å². The van der Waals surface area contributed by atoms with Gasteiger partial charge in [-0.2, -0.15) is 10.2 Å². The van der Waals surface area contributed by atoms with Crippen LogP contribution in [0, 0.1) is 0 Å². The lowest BCUT2D eigenvalue weighted by Crippen LogP contribution is -2.45. The summed E-state index contributed by atoms with van der Waals surface area (Å²) in [5.74, 6) is 0.456. The van der Waals surface area contributed by atoms with Crippen molar-refractivity contribution in [1.29, 1.82) is 0 Å². The van der Waals surface area contributed by atoms with Crippen LogP contribution in [0.2, 0.25) is 5.02 Å². The van der Waals surface area contributed by atoms with Gasteiger partial charge in [0.2, 0.25) is 0 Å². The number of halogens is 1. The third-order valence-electron chi connectivity index (χ3n) is 8.29. The molecule has 3 aromatic heterocycles. The second kappa shape index (κ2) is 10.2. The van der Waals surface area contributed by atoms with Crippen molar-refractivity contribution < 1.29 is 4.74 Å². The van der Waals surface area contributed by atoms with E-state index in [4.69, 9.17) is 27.2 Å². The molecule has 39 heavy (non-hydrogen) atoms. The van der Waals surface area contributed by atoms with E-state index in [2.05, 4.69) is 42.8 Å². The van der Waals surface area contributed by atoms with Crippen LogP contribution in [0.4, 0.5) is 5.82 Å². The van der Waals surface area contributed by atoms with Crippen molar-refractivity contribution in [3.63, 3.8) is 0 Å². The third-order valence-corrected chi connectivity index (χ3v) is 8.65. The van der Waals surface area contributed by atoms with Gasteiger partial charge in [0.25, 0.3) is 0 Å². The SMILES string of the molecule is Nc1ncnc2c1c(-c1ccc3c(cnn3Cc3ccccc3Cl)c1)nn2C1CCC(N2CCOCC2)CC1. The average molecular weight is 543 g/mol. The van der Waals surface area contributed by atoms with Crippen LogP contribution < -0.4 is 5.73 Å². The van der Waals surface area contributed by atoms with Crippen molar-refractivity contribution in [3.05, 3.63) is 65.6 Å². The summed E-state index contributed by atoms with van der Waals surface area (Å²) >= 11 is 6.40. The van der Waals surface area contributed by atoms with E-state index in [9.17, 15) is 0 Å². The number of nitrogens with two attached hydrogens (primary N) is 1. The molecular formula is C29H31ClN8O. The summed E-state index contributed by atoms with van der Waals surface area (Å²) in [6, 6.07) is 15.1. The molecule has 0 spiro atoms. The van der Waals surface area contributed by atoms with Gasteiger partial charge >= 0.3 is 0 Å². The lowest BCUT2D eigenvalue weighted by atomic mass is 9.90. The van der Waals surface area contributed by atoms with E-state index in [0.717, 1.165) is 95.8 Å². The fourth-order valence-corrected chi connectivity index (χ4v) is 6.41. The van der Waals surface area contributed by atoms with Crippen LogP contribution in [0.5, 0.6) is 0 Å². The standard InChI is InChI=1S/C29H31ClN8O/c30-24-4-2-1-3-20(24)17-37-25-10-5-19(15-21(25)16-34-37)27-26-28(31)32-18-33-29(26)38(35-27)23-8-6-22(7-9-23)36-11-13-39-14-12-36/h1-5,10,15-16,18,22-23H,6-9,11-14,17H2,(H2,31,32,33). The molecule has 4 heterocycles. The number of ether oxygens (including phenoxy) is 1. The number of nitrogen functional groups attached to an aromatic ring is 1. The summed E-state index contributed by atoms with van der Waals surface area (Å²) in [6.07, 6.45) is 7.87. The molecule has 0 unspecified atom stereocenters. The van der Waals surface area contributed by atoms with Crippen molar-refractivity contribution in [1.82, 2.24) is 34.4 Å². The van der Waals surface area contributed by atoms with Gasteiger partial charge < -0.3 is 10.5 Å². The monoisotopic (exact) mass is 542 g/mol. The summed E-state index contributed by atoms with van der Waals surface area (Å²) in [4.78, 5) is 11.6. The second-order valence-electron chi connectivity index (χ2n) is 10.5. The van der Waals surface area contributed by atoms with E-state index in [1.165, 1.54) is 0 Å². The van der Waals surface area contributed by atoms with Crippen LogP contribution in [-0.2, 0) is 11.3 Å². The van der Waals surface area contributed by atoms with Crippen LogP contribution in [0.25, 0.3) is 33.2 Å². The van der Waals surface area contributed by atoms with E-state index in [-0.39, 0.29) is 6.04 Å². The Balaban J connectivity index is 1.20. The molecule has 2 aliphatic rings. The Hall–Kier alpha value is -3.53. The lowest BCUT2D eigenvalue weighted by Gasteiger charge is -2.38. The second-order valence-corrected chi connectivity index (χ2v) is 10.9. The van der Waals surface area contributed by atoms with Crippen molar-refractivity contribution in [2.75, 3.05) is 32.0 Å². The third kappa shape index (κ3) is 4.54. The summed E-state index contributed by atoms with van der Waals surface area (Å²) < 4.78 is 9.63. The predicted octanol–water partition coefficient (Wildman–Crippen LogP) is 4.94. The Morgan fingerprint density at radius 1 is 0.974 bits per heavy atom. The van der Waals surface area contributed by atoms with Crippen LogP contribution in [0.3, 0.4) is 0 Å². The summed E-state index contributed by atoms with van der Waals surface area (Å²) in [5, 5.41) is 12.4. The maximum atomic E-state index is 6.42. The van der Waals surface area contributed by atoms with Gasteiger partial charge in [0.05, 0.1) is 42.9 Å². The fourth-order valence-electron chi connectivity index (χ4n) is 6.21. The zero-order valence-corrected chi connectivity index (χ0v) is 22.5. The first-order valence-corrected chi connectivity index (χ1v) is 14.0. The van der Waals surface area contributed by atoms with Crippen molar-refractivity contribution in [2.24, 2.45) is 0 Å². The Bertz CT molecular complexity index is 1630. The van der Waals surface area contributed by atoms with E-state index in [1.807, 2.05) is 35.1 Å². The number of hydrogen-bond donors (Lipinski definition) is 1. The highest BCUT2D eigenvalue weighted by Gasteiger charge is 2.30. The van der Waals surface area contributed by atoms with Crippen LogP contribution in [0.15, 0.2) is 55.0 Å². The highest BCUT2D eigenvalue weighted by molar-refractivity contribution is 6.31. The first kappa shape index (κ1) is 24.5. The first-order valence-electron chi connectivity index (χ1n) is 13.7. The average Bonchev–Trinajstić information content (AvgIpc) is 3.57. The van der Waals surface area contributed by atoms with Crippen LogP contribution in [0.1, 0.15) is 37.3 Å². The lowest BCUT2D eigenvalue weighted by molar-refractivity contribution is 0.00520. The topological polar surface area (TPSA) is 99.9 Å². The molecule has 7 rings (SSSR count). The highest BCUT2D eigenvalue weighted by atomic mass is 35.5. The highest BCUT2D eigenvalue weighted by Crippen LogP contribution is 2.37. The Morgan fingerprint density at radius 3 is 2.59 bits per heavy atom. The minimum Gasteiger partial charge on any atom is -0.383 e. The minimum absolute atomic E-state index is 0.287. The summed E-state index contributed by atoms with van der Waals surface area (Å²) in [5.41, 5.74) is 11.1. The Morgan fingerprint density at radius 2 is 1.77 bits per heavy atom. The number of rotatable bonds is 5. The molecule has 1 saturated heterocycles. The molecule has 2 fully saturated rings. The van der Waals surface area contributed by atoms with Gasteiger partial charge in [-0.25, -0.2) is 14.6 Å². The molecule has 0 atom stereocenters. The molecule has 0 bridgehead atoms. The van der Waals surface area contributed by atoms with E-state index in [0.29, 0.717) is 18.4 Å². The van der Waals surface area contributed by atoms with Gasteiger partial charge in [-0.15, -0.1) is 0 Å². The maximum absolute atomic E-state index is 6.42. The molecule has 2 aromatic carbocycles. The van der Waals surface area contributed by atoms with Gasteiger partial charge in [-0.3, -0.25) is 9.58 Å². The van der Waals surface area contributed by atoms with E-state index < -0.39 is 0 Å². The van der Waals surface area contributed by atoms with Gasteiger partial charge in [-0.1, -0.05) is 35.9 Å². The molecule has 1 aliphatic heterocycles. The van der Waals surface area contributed by atoms with Gasteiger partial charge in [0.15, 0.2) is 5.65 Å². The minimum atomic E-state index is 0.287. The quantitative estimate of drug-likeness (QED) is 0.335. The van der Waals surface area contributed by atoms with Crippen molar-refractivity contribution >= 4 is 39.4 Å². The Kier molecular flexibility index (Phi) is 6.42. The molecule has 200 valence electrons. The molecule has 9 nitrogen and oxygen atoms in total. The molecule has 1 saturated carbocycles. The molecular weight excluding hydrogens is 512 g/mol. The number of morpholine rings is 1. The van der Waals surface area contributed by atoms with Gasteiger partial charge in [0, 0.05) is 35.1 Å². The number of benzene rings is 2. The van der Waals surface area contributed by atoms with E-state index >= 15 is 0 Å². The maximum Gasteiger partial charge on any atom is 0.164 e. The number of fused-ring (bicyclic) bond motifs is 2. The number of aromatic nitrogens is 6. The molecule has 10 heteroatoms. The smallest absolute Gasteiger partial charge is 0.164 e. The van der Waals surface area contributed by atoms with Crippen LogP contribution in [-0.4, -0.2) is 66.8 Å². The largest absolute Gasteiger partial charge is 0.383 e. The molecule has 1 aliphatic carbocycles. The van der Waals surface area contributed by atoms with Crippen molar-refractivity contribution in [3.8, 4) is 11.3 Å². The first-order chi connectivity index (χ1) is 19.2. The summed E-state index contributed by atoms with van der Waals surface area (Å²) in [7, 11) is 0. The van der Waals surface area contributed by atoms with Crippen molar-refractivity contribution in [2.45, 2.75) is 44.3 Å². The molecule has 0 radical (unpaired) electrons. The number of anilines is 1. The fraction of sp³-hybridized carbons (Fsp3) is 0.379.